The Morgan fingerprint density at radius 3 is 2.70 bits per heavy atom. The Balaban J connectivity index is 1.80. The smallest absolute Gasteiger partial charge is 0.270 e. The van der Waals surface area contributed by atoms with Gasteiger partial charge in [0.1, 0.15) is 5.69 Å². The van der Waals surface area contributed by atoms with E-state index in [9.17, 15) is 4.79 Å². The quantitative estimate of drug-likeness (QED) is 0.698. The van der Waals surface area contributed by atoms with Crippen molar-refractivity contribution in [2.24, 2.45) is 0 Å². The highest BCUT2D eigenvalue weighted by Gasteiger charge is 2.07. The van der Waals surface area contributed by atoms with Crippen molar-refractivity contribution in [2.45, 2.75) is 32.6 Å². The van der Waals surface area contributed by atoms with E-state index in [1.165, 1.54) is 5.56 Å². The highest BCUT2D eigenvalue weighted by Crippen LogP contribution is 2.03. The monoisotopic (exact) mass is 312 g/mol. The average molecular weight is 312 g/mol. The number of carbonyl (C=O) groups excluding carboxylic acids is 1. The molecule has 1 amide bonds. The third kappa shape index (κ3) is 6.06. The number of amides is 1. The van der Waals surface area contributed by atoms with Crippen molar-refractivity contribution in [3.63, 3.8) is 0 Å². The second-order valence-corrected chi connectivity index (χ2v) is 5.39. The molecule has 0 atom stereocenters. The summed E-state index contributed by atoms with van der Waals surface area (Å²) in [5, 5.41) is 6.05. The van der Waals surface area contributed by atoms with Gasteiger partial charge in [-0.15, -0.1) is 0 Å². The molecule has 1 heterocycles. The van der Waals surface area contributed by atoms with Crippen LogP contribution in [-0.4, -0.2) is 29.0 Å². The lowest BCUT2D eigenvalue weighted by Gasteiger charge is -2.07. The van der Waals surface area contributed by atoms with Gasteiger partial charge in [-0.1, -0.05) is 50.1 Å². The molecule has 1 aromatic heterocycles. The zero-order valence-corrected chi connectivity index (χ0v) is 13.6. The van der Waals surface area contributed by atoms with E-state index in [0.717, 1.165) is 32.2 Å². The number of anilines is 1. The van der Waals surface area contributed by atoms with Gasteiger partial charge in [0, 0.05) is 19.3 Å². The molecule has 0 radical (unpaired) electrons. The van der Waals surface area contributed by atoms with Crippen LogP contribution in [0.4, 0.5) is 5.95 Å². The standard InChI is InChI=1S/C18H24N4O/c1-2-3-7-12-19-17(23)16-11-14-21-18(22-16)20-13-10-15-8-5-4-6-9-15/h4-6,8-9,11,14H,2-3,7,10,12-13H2,1H3,(H,19,23)(H,20,21,22). The molecule has 23 heavy (non-hydrogen) atoms. The summed E-state index contributed by atoms with van der Waals surface area (Å²) in [5.74, 6) is 0.344. The molecule has 1 aromatic carbocycles. The van der Waals surface area contributed by atoms with E-state index >= 15 is 0 Å². The van der Waals surface area contributed by atoms with Gasteiger partial charge in [0.2, 0.25) is 5.95 Å². The molecule has 0 aliphatic carbocycles. The van der Waals surface area contributed by atoms with Crippen LogP contribution in [-0.2, 0) is 6.42 Å². The summed E-state index contributed by atoms with van der Waals surface area (Å²) in [5.41, 5.74) is 1.66. The summed E-state index contributed by atoms with van der Waals surface area (Å²) in [6, 6.07) is 11.9. The zero-order valence-electron chi connectivity index (χ0n) is 13.6. The van der Waals surface area contributed by atoms with Crippen molar-refractivity contribution in [3.05, 3.63) is 53.9 Å². The Morgan fingerprint density at radius 1 is 1.09 bits per heavy atom. The minimum absolute atomic E-state index is 0.144. The molecule has 5 heteroatoms. The zero-order chi connectivity index (χ0) is 16.3. The Kier molecular flexibility index (Phi) is 7.04. The van der Waals surface area contributed by atoms with Crippen LogP contribution < -0.4 is 10.6 Å². The van der Waals surface area contributed by atoms with Gasteiger partial charge in [-0.3, -0.25) is 4.79 Å². The lowest BCUT2D eigenvalue weighted by atomic mass is 10.1. The fraction of sp³-hybridized carbons (Fsp3) is 0.389. The van der Waals surface area contributed by atoms with Crippen LogP contribution in [0.2, 0.25) is 0 Å². The molecular formula is C18H24N4O. The van der Waals surface area contributed by atoms with Gasteiger partial charge in [0.05, 0.1) is 0 Å². The predicted molar refractivity (Wildman–Crippen MR) is 92.5 cm³/mol. The van der Waals surface area contributed by atoms with E-state index in [-0.39, 0.29) is 5.91 Å². The number of nitrogens with one attached hydrogen (secondary N) is 2. The van der Waals surface area contributed by atoms with E-state index in [0.29, 0.717) is 18.2 Å². The summed E-state index contributed by atoms with van der Waals surface area (Å²) < 4.78 is 0. The highest BCUT2D eigenvalue weighted by molar-refractivity contribution is 5.92. The van der Waals surface area contributed by atoms with Crippen molar-refractivity contribution in [1.29, 1.82) is 0 Å². The van der Waals surface area contributed by atoms with Crippen LogP contribution in [0.25, 0.3) is 0 Å². The van der Waals surface area contributed by atoms with Gasteiger partial charge in [-0.2, -0.15) is 0 Å². The van der Waals surface area contributed by atoms with Gasteiger partial charge in [-0.05, 0) is 24.5 Å². The Labute approximate surface area is 137 Å². The Morgan fingerprint density at radius 2 is 1.91 bits per heavy atom. The van der Waals surface area contributed by atoms with Crippen LogP contribution in [0.15, 0.2) is 42.6 Å². The van der Waals surface area contributed by atoms with Crippen LogP contribution >= 0.6 is 0 Å². The molecule has 0 spiro atoms. The van der Waals surface area contributed by atoms with Gasteiger partial charge >= 0.3 is 0 Å². The predicted octanol–water partition coefficient (Wildman–Crippen LogP) is 3.05. The number of hydrogen-bond donors (Lipinski definition) is 2. The first-order valence-corrected chi connectivity index (χ1v) is 8.18. The molecule has 0 aliphatic heterocycles. The molecule has 2 aromatic rings. The first kappa shape index (κ1) is 16.9. The van der Waals surface area contributed by atoms with Crippen LogP contribution in [0.3, 0.4) is 0 Å². The molecule has 0 bridgehead atoms. The maximum Gasteiger partial charge on any atom is 0.270 e. The summed E-state index contributed by atoms with van der Waals surface area (Å²) >= 11 is 0. The van der Waals surface area contributed by atoms with Crippen LogP contribution in [0, 0.1) is 0 Å². The van der Waals surface area contributed by atoms with Crippen molar-refractivity contribution in [3.8, 4) is 0 Å². The second-order valence-electron chi connectivity index (χ2n) is 5.39. The first-order chi connectivity index (χ1) is 11.3. The molecule has 5 nitrogen and oxygen atoms in total. The second kappa shape index (κ2) is 9.56. The molecule has 0 fully saturated rings. The van der Waals surface area contributed by atoms with Gasteiger partial charge in [0.25, 0.3) is 5.91 Å². The maximum absolute atomic E-state index is 12.0. The fourth-order valence-corrected chi connectivity index (χ4v) is 2.20. The molecule has 2 rings (SSSR count). The Hall–Kier alpha value is -2.43. The van der Waals surface area contributed by atoms with E-state index in [4.69, 9.17) is 0 Å². The molecule has 2 N–H and O–H groups in total. The Bertz CT molecular complexity index is 601. The summed E-state index contributed by atoms with van der Waals surface area (Å²) in [4.78, 5) is 20.5. The molecule has 122 valence electrons. The van der Waals surface area contributed by atoms with E-state index < -0.39 is 0 Å². The SMILES string of the molecule is CCCCCNC(=O)c1ccnc(NCCc2ccccc2)n1. The van der Waals surface area contributed by atoms with Gasteiger partial charge < -0.3 is 10.6 Å². The minimum Gasteiger partial charge on any atom is -0.354 e. The molecule has 0 unspecified atom stereocenters. The maximum atomic E-state index is 12.0. The van der Waals surface area contributed by atoms with Crippen LogP contribution in [0.5, 0.6) is 0 Å². The molecule has 0 aliphatic rings. The topological polar surface area (TPSA) is 66.9 Å². The number of unbranched alkanes of at least 4 members (excludes halogenated alkanes) is 2. The summed E-state index contributed by atoms with van der Waals surface area (Å²) in [6.45, 7) is 3.55. The average Bonchev–Trinajstić information content (AvgIpc) is 2.60. The normalized spacial score (nSPS) is 10.3. The lowest BCUT2D eigenvalue weighted by molar-refractivity contribution is 0.0948. The van der Waals surface area contributed by atoms with Crippen molar-refractivity contribution in [2.75, 3.05) is 18.4 Å². The van der Waals surface area contributed by atoms with E-state index in [1.807, 2.05) is 18.2 Å². The summed E-state index contributed by atoms with van der Waals surface area (Å²) in [7, 11) is 0. The molecular weight excluding hydrogens is 288 g/mol. The first-order valence-electron chi connectivity index (χ1n) is 8.18. The summed E-state index contributed by atoms with van der Waals surface area (Å²) in [6.07, 6.45) is 5.75. The van der Waals surface area contributed by atoms with Crippen molar-refractivity contribution < 1.29 is 4.79 Å². The largest absolute Gasteiger partial charge is 0.354 e. The number of aromatic nitrogens is 2. The molecule has 0 saturated heterocycles. The lowest BCUT2D eigenvalue weighted by Crippen LogP contribution is -2.25. The van der Waals surface area contributed by atoms with E-state index in [2.05, 4.69) is 39.7 Å². The van der Waals surface area contributed by atoms with E-state index in [1.54, 1.807) is 12.3 Å². The minimum atomic E-state index is -0.144. The number of rotatable bonds is 9. The highest BCUT2D eigenvalue weighted by atomic mass is 16.1. The third-order valence-corrected chi connectivity index (χ3v) is 3.49. The number of hydrogen-bond acceptors (Lipinski definition) is 4. The number of benzene rings is 1. The van der Waals surface area contributed by atoms with Crippen molar-refractivity contribution >= 4 is 11.9 Å². The number of nitrogens with zero attached hydrogens (tertiary/aromatic N) is 2. The van der Waals surface area contributed by atoms with Gasteiger partial charge in [0.15, 0.2) is 0 Å². The van der Waals surface area contributed by atoms with Crippen molar-refractivity contribution in [1.82, 2.24) is 15.3 Å². The molecule has 0 saturated carbocycles. The van der Waals surface area contributed by atoms with Crippen LogP contribution in [0.1, 0.15) is 42.2 Å². The van der Waals surface area contributed by atoms with Gasteiger partial charge in [-0.25, -0.2) is 9.97 Å². The third-order valence-electron chi connectivity index (χ3n) is 3.49. The fourth-order valence-electron chi connectivity index (χ4n) is 2.20. The number of carbonyl (C=O) groups is 1.